The quantitative estimate of drug-likeness (QED) is 0.796. The third kappa shape index (κ3) is 1.40. The monoisotopic (exact) mass is 232 g/mol. The summed E-state index contributed by atoms with van der Waals surface area (Å²) in [5.41, 5.74) is 0.409. The Hall–Kier alpha value is -0.380. The molecule has 0 unspecified atom stereocenters. The van der Waals surface area contributed by atoms with E-state index in [-0.39, 0.29) is 12.0 Å². The molecule has 3 nitrogen and oxygen atoms in total. The molecule has 1 fully saturated rings. The van der Waals surface area contributed by atoms with Crippen LogP contribution >= 0.6 is 23.2 Å². The zero-order valence-corrected chi connectivity index (χ0v) is 9.02. The van der Waals surface area contributed by atoms with Gasteiger partial charge in [-0.25, -0.2) is 9.97 Å². The van der Waals surface area contributed by atoms with E-state index in [1.54, 1.807) is 0 Å². The number of nitrogens with zero attached hydrogens (tertiary/aromatic N) is 2. The average molecular weight is 233 g/mol. The lowest BCUT2D eigenvalue weighted by Crippen LogP contribution is -2.38. The van der Waals surface area contributed by atoms with Crippen LogP contribution in [0.1, 0.15) is 24.8 Å². The second kappa shape index (κ2) is 3.65. The van der Waals surface area contributed by atoms with Gasteiger partial charge in [-0.1, -0.05) is 29.6 Å². The summed E-state index contributed by atoms with van der Waals surface area (Å²) in [6.45, 7) is 0.0554. The summed E-state index contributed by atoms with van der Waals surface area (Å²) in [7, 11) is 0. The molecule has 5 heteroatoms. The van der Waals surface area contributed by atoms with E-state index in [9.17, 15) is 5.11 Å². The topological polar surface area (TPSA) is 46.0 Å². The Kier molecular flexibility index (Phi) is 2.64. The first-order chi connectivity index (χ1) is 6.69. The van der Waals surface area contributed by atoms with Crippen molar-refractivity contribution < 1.29 is 5.11 Å². The maximum atomic E-state index is 9.37. The van der Waals surface area contributed by atoms with Gasteiger partial charge in [0.15, 0.2) is 0 Å². The number of rotatable bonds is 2. The van der Waals surface area contributed by atoms with Crippen LogP contribution in [0.5, 0.6) is 0 Å². The van der Waals surface area contributed by atoms with E-state index in [1.165, 1.54) is 6.33 Å². The normalized spacial score (nSPS) is 19.1. The van der Waals surface area contributed by atoms with Crippen LogP contribution in [0.25, 0.3) is 0 Å². The molecule has 0 radical (unpaired) electrons. The van der Waals surface area contributed by atoms with Gasteiger partial charge in [-0.15, -0.1) is 0 Å². The first-order valence-electron chi connectivity index (χ1n) is 4.47. The van der Waals surface area contributed by atoms with E-state index < -0.39 is 0 Å². The molecule has 14 heavy (non-hydrogen) atoms. The molecule has 0 atom stereocenters. The van der Waals surface area contributed by atoms with Crippen molar-refractivity contribution in [3.05, 3.63) is 22.2 Å². The molecule has 0 spiro atoms. The van der Waals surface area contributed by atoms with Crippen LogP contribution in [0, 0.1) is 0 Å². The van der Waals surface area contributed by atoms with Crippen molar-refractivity contribution >= 4 is 23.2 Å². The Morgan fingerprint density at radius 2 is 1.86 bits per heavy atom. The largest absolute Gasteiger partial charge is 0.395 e. The molecular formula is C9H10Cl2N2O. The molecule has 0 bridgehead atoms. The van der Waals surface area contributed by atoms with Crippen molar-refractivity contribution in [2.75, 3.05) is 6.61 Å². The molecule has 1 saturated carbocycles. The lowest BCUT2D eigenvalue weighted by molar-refractivity contribution is 0.119. The molecule has 0 aromatic carbocycles. The Morgan fingerprint density at radius 1 is 1.29 bits per heavy atom. The molecule has 0 amide bonds. The number of hydrogen-bond donors (Lipinski definition) is 1. The van der Waals surface area contributed by atoms with Gasteiger partial charge in [0.25, 0.3) is 0 Å². The first-order valence-corrected chi connectivity index (χ1v) is 5.22. The Bertz CT molecular complexity index is 327. The van der Waals surface area contributed by atoms with Crippen molar-refractivity contribution in [1.82, 2.24) is 9.97 Å². The minimum atomic E-state index is -0.296. The van der Waals surface area contributed by atoms with Crippen molar-refractivity contribution in [2.24, 2.45) is 0 Å². The van der Waals surface area contributed by atoms with Crippen LogP contribution in [-0.4, -0.2) is 21.7 Å². The molecule has 1 heterocycles. The predicted molar refractivity (Wildman–Crippen MR) is 54.7 cm³/mol. The molecule has 1 aliphatic rings. The third-order valence-corrected chi connectivity index (χ3v) is 3.47. The highest BCUT2D eigenvalue weighted by molar-refractivity contribution is 6.34. The third-order valence-electron chi connectivity index (χ3n) is 2.90. The van der Waals surface area contributed by atoms with Crippen LogP contribution in [0.2, 0.25) is 10.3 Å². The molecule has 1 aromatic rings. The van der Waals surface area contributed by atoms with Crippen molar-refractivity contribution in [3.8, 4) is 0 Å². The summed E-state index contributed by atoms with van der Waals surface area (Å²) in [6.07, 6.45) is 4.21. The van der Waals surface area contributed by atoms with Gasteiger partial charge in [0, 0.05) is 11.0 Å². The Labute approximate surface area is 92.1 Å². The molecule has 2 rings (SSSR count). The van der Waals surface area contributed by atoms with Crippen LogP contribution in [-0.2, 0) is 5.41 Å². The highest BCUT2D eigenvalue weighted by Crippen LogP contribution is 2.47. The average Bonchev–Trinajstić information content (AvgIpc) is 2.08. The zero-order valence-electron chi connectivity index (χ0n) is 7.50. The molecule has 0 aliphatic heterocycles. The van der Waals surface area contributed by atoms with Crippen LogP contribution in [0.15, 0.2) is 6.33 Å². The van der Waals surface area contributed by atoms with E-state index >= 15 is 0 Å². The maximum Gasteiger partial charge on any atom is 0.137 e. The molecular weight excluding hydrogens is 223 g/mol. The Morgan fingerprint density at radius 3 is 2.21 bits per heavy atom. The number of hydrogen-bond acceptors (Lipinski definition) is 3. The fraction of sp³-hybridized carbons (Fsp3) is 0.556. The van der Waals surface area contributed by atoms with Gasteiger partial charge in [-0.2, -0.15) is 0 Å². The zero-order chi connectivity index (χ0) is 10.2. The molecule has 1 aliphatic carbocycles. The smallest absolute Gasteiger partial charge is 0.137 e. The molecule has 76 valence electrons. The first kappa shape index (κ1) is 10.1. The highest BCUT2D eigenvalue weighted by atomic mass is 35.5. The minimum absolute atomic E-state index is 0.0554. The minimum Gasteiger partial charge on any atom is -0.395 e. The summed E-state index contributed by atoms with van der Waals surface area (Å²) in [5, 5.41) is 10.1. The van der Waals surface area contributed by atoms with Crippen molar-refractivity contribution in [3.63, 3.8) is 0 Å². The molecule has 1 N–H and O–H groups in total. The number of aromatic nitrogens is 2. The van der Waals surface area contributed by atoms with Crippen molar-refractivity contribution in [2.45, 2.75) is 24.7 Å². The molecule has 1 aromatic heterocycles. The van der Waals surface area contributed by atoms with Gasteiger partial charge < -0.3 is 5.11 Å². The highest BCUT2D eigenvalue weighted by Gasteiger charge is 2.42. The fourth-order valence-electron chi connectivity index (χ4n) is 1.87. The predicted octanol–water partition coefficient (Wildman–Crippen LogP) is 2.20. The van der Waals surface area contributed by atoms with E-state index in [0.717, 1.165) is 19.3 Å². The Balaban J connectivity index is 2.49. The van der Waals surface area contributed by atoms with Gasteiger partial charge in [0.05, 0.1) is 6.61 Å². The number of halogens is 2. The summed E-state index contributed by atoms with van der Waals surface area (Å²) in [4.78, 5) is 7.79. The van der Waals surface area contributed by atoms with Gasteiger partial charge in [0.2, 0.25) is 0 Å². The van der Waals surface area contributed by atoms with E-state index in [1.807, 2.05) is 0 Å². The summed E-state index contributed by atoms with van der Waals surface area (Å²) in [5.74, 6) is 0. The second-order valence-electron chi connectivity index (χ2n) is 3.62. The van der Waals surface area contributed by atoms with Crippen LogP contribution in [0.3, 0.4) is 0 Å². The standard InChI is InChI=1S/C9H10Cl2N2O/c10-7-6(8(11)13-5-12-7)9(4-14)2-1-3-9/h5,14H,1-4H2. The summed E-state index contributed by atoms with van der Waals surface area (Å²) >= 11 is 11.9. The van der Waals surface area contributed by atoms with Crippen molar-refractivity contribution in [1.29, 1.82) is 0 Å². The van der Waals surface area contributed by atoms with E-state index in [4.69, 9.17) is 23.2 Å². The summed E-state index contributed by atoms with van der Waals surface area (Å²) in [6, 6.07) is 0. The second-order valence-corrected chi connectivity index (χ2v) is 4.34. The molecule has 0 saturated heterocycles. The maximum absolute atomic E-state index is 9.37. The van der Waals surface area contributed by atoms with E-state index in [0.29, 0.717) is 15.9 Å². The van der Waals surface area contributed by atoms with E-state index in [2.05, 4.69) is 9.97 Å². The van der Waals surface area contributed by atoms with Gasteiger partial charge in [0.1, 0.15) is 16.6 Å². The SMILES string of the molecule is OCC1(c2c(Cl)ncnc2Cl)CCC1. The number of aliphatic hydroxyl groups excluding tert-OH is 1. The van der Waals surface area contributed by atoms with Gasteiger partial charge in [-0.3, -0.25) is 0 Å². The van der Waals surface area contributed by atoms with Gasteiger partial charge >= 0.3 is 0 Å². The van der Waals surface area contributed by atoms with Crippen LogP contribution < -0.4 is 0 Å². The number of aliphatic hydroxyl groups is 1. The summed E-state index contributed by atoms with van der Waals surface area (Å²) < 4.78 is 0. The van der Waals surface area contributed by atoms with Crippen LogP contribution in [0.4, 0.5) is 0 Å². The lowest BCUT2D eigenvalue weighted by atomic mass is 9.66. The lowest BCUT2D eigenvalue weighted by Gasteiger charge is -2.40. The van der Waals surface area contributed by atoms with Gasteiger partial charge in [-0.05, 0) is 12.8 Å². The fourth-order valence-corrected chi connectivity index (χ4v) is 2.59.